The first-order valence-electron chi connectivity index (χ1n) is 10.6. The van der Waals surface area contributed by atoms with Crippen molar-refractivity contribution in [2.24, 2.45) is 5.10 Å². The molecular weight excluding hydrogens is 450 g/mol. The Kier molecular flexibility index (Phi) is 7.03. The first-order valence-corrected chi connectivity index (χ1v) is 11.6. The van der Waals surface area contributed by atoms with E-state index < -0.39 is 4.92 Å². The second-order valence-corrected chi connectivity index (χ2v) is 8.73. The van der Waals surface area contributed by atoms with Crippen molar-refractivity contribution in [2.45, 2.75) is 25.5 Å². The minimum absolute atomic E-state index is 0.0265. The Morgan fingerprint density at radius 2 is 1.88 bits per heavy atom. The molecule has 1 aromatic heterocycles. The van der Waals surface area contributed by atoms with Crippen LogP contribution >= 0.6 is 11.8 Å². The molecule has 0 unspecified atom stereocenters. The Hall–Kier alpha value is -3.98. The molecule has 4 aromatic rings. The van der Waals surface area contributed by atoms with Gasteiger partial charge in [0.1, 0.15) is 0 Å². The van der Waals surface area contributed by atoms with Crippen molar-refractivity contribution in [3.63, 3.8) is 0 Å². The summed E-state index contributed by atoms with van der Waals surface area (Å²) in [5.41, 5.74) is 7.78. The maximum atomic E-state index is 12.5. The number of carbonyl (C=O) groups is 1. The summed E-state index contributed by atoms with van der Waals surface area (Å²) in [6, 6.07) is 22.4. The molecule has 34 heavy (non-hydrogen) atoms. The van der Waals surface area contributed by atoms with E-state index >= 15 is 0 Å². The number of non-ortho nitro benzene ring substituents is 1. The molecular formula is C25H23N5O3S. The molecule has 0 spiro atoms. The molecule has 0 aliphatic heterocycles. The second kappa shape index (κ2) is 10.3. The summed E-state index contributed by atoms with van der Waals surface area (Å²) in [5, 5.41) is 15.8. The van der Waals surface area contributed by atoms with Gasteiger partial charge in [-0.1, -0.05) is 65.9 Å². The maximum Gasteiger partial charge on any atom is 0.270 e. The molecule has 9 heteroatoms. The molecule has 0 aliphatic rings. The predicted molar refractivity (Wildman–Crippen MR) is 134 cm³/mol. The molecule has 1 N–H and O–H groups in total. The van der Waals surface area contributed by atoms with Gasteiger partial charge in [-0.05, 0) is 31.5 Å². The highest BCUT2D eigenvalue weighted by molar-refractivity contribution is 7.99. The number of amides is 1. The summed E-state index contributed by atoms with van der Waals surface area (Å²) in [6.07, 6.45) is 0. The van der Waals surface area contributed by atoms with Crippen LogP contribution in [0.1, 0.15) is 23.6 Å². The predicted octanol–water partition coefficient (Wildman–Crippen LogP) is 4.93. The summed E-state index contributed by atoms with van der Waals surface area (Å²) in [6.45, 7) is 4.39. The van der Waals surface area contributed by atoms with Gasteiger partial charge in [0.2, 0.25) is 0 Å². The molecule has 0 saturated carbocycles. The van der Waals surface area contributed by atoms with Crippen molar-refractivity contribution in [1.82, 2.24) is 15.0 Å². The van der Waals surface area contributed by atoms with Crippen molar-refractivity contribution in [3.8, 4) is 0 Å². The topological polar surface area (TPSA) is 102 Å². The Morgan fingerprint density at radius 3 is 2.65 bits per heavy atom. The number of nitro benzene ring substituents is 1. The number of carbonyl (C=O) groups excluding carboxylic acids is 1. The molecule has 8 nitrogen and oxygen atoms in total. The summed E-state index contributed by atoms with van der Waals surface area (Å²) < 4.78 is 2.11. The molecule has 0 saturated heterocycles. The average Bonchev–Trinajstić information content (AvgIpc) is 3.20. The second-order valence-electron chi connectivity index (χ2n) is 7.78. The third-order valence-corrected chi connectivity index (χ3v) is 6.21. The minimum Gasteiger partial charge on any atom is -0.314 e. The van der Waals surface area contributed by atoms with Gasteiger partial charge < -0.3 is 4.57 Å². The summed E-state index contributed by atoms with van der Waals surface area (Å²) in [7, 11) is 0. The third kappa shape index (κ3) is 5.49. The number of aromatic nitrogens is 2. The van der Waals surface area contributed by atoms with E-state index in [1.54, 1.807) is 19.1 Å². The van der Waals surface area contributed by atoms with E-state index in [1.165, 1.54) is 29.5 Å². The van der Waals surface area contributed by atoms with Gasteiger partial charge in [0.05, 0.1) is 34.0 Å². The molecule has 0 fully saturated rings. The van der Waals surface area contributed by atoms with Crippen LogP contribution in [0, 0.1) is 17.0 Å². The van der Waals surface area contributed by atoms with E-state index in [2.05, 4.69) is 46.3 Å². The average molecular weight is 474 g/mol. The fourth-order valence-corrected chi connectivity index (χ4v) is 4.22. The molecule has 0 radical (unpaired) electrons. The smallest absolute Gasteiger partial charge is 0.270 e. The van der Waals surface area contributed by atoms with Crippen molar-refractivity contribution in [2.75, 3.05) is 5.75 Å². The van der Waals surface area contributed by atoms with Gasteiger partial charge in [0.15, 0.2) is 5.16 Å². The zero-order valence-corrected chi connectivity index (χ0v) is 19.6. The lowest BCUT2D eigenvalue weighted by Crippen LogP contribution is -2.21. The van der Waals surface area contributed by atoms with Crippen molar-refractivity contribution < 1.29 is 9.72 Å². The molecule has 1 heterocycles. The molecule has 1 amide bonds. The summed E-state index contributed by atoms with van der Waals surface area (Å²) in [4.78, 5) is 27.7. The van der Waals surface area contributed by atoms with Crippen LogP contribution in [0.3, 0.4) is 0 Å². The van der Waals surface area contributed by atoms with Crippen LogP contribution < -0.4 is 5.43 Å². The molecule has 0 aliphatic carbocycles. The number of nitrogens with zero attached hydrogens (tertiary/aromatic N) is 4. The zero-order chi connectivity index (χ0) is 24.1. The fraction of sp³-hybridized carbons (Fsp3) is 0.160. The van der Waals surface area contributed by atoms with Crippen LogP contribution in [0.2, 0.25) is 0 Å². The summed E-state index contributed by atoms with van der Waals surface area (Å²) in [5.74, 6) is -0.160. The lowest BCUT2D eigenvalue weighted by molar-refractivity contribution is -0.384. The molecule has 172 valence electrons. The standard InChI is InChI=1S/C25H23N5O3S/c1-17-10-12-19(13-11-17)15-29-23-9-4-3-8-22(23)26-25(29)34-16-24(31)28-27-18(2)20-6-5-7-21(14-20)30(32)33/h3-14H,15-16H2,1-2H3,(H,28,31)/b27-18+. The zero-order valence-electron chi connectivity index (χ0n) is 18.8. The van der Waals surface area contributed by atoms with Crippen LogP contribution in [0.25, 0.3) is 11.0 Å². The quantitative estimate of drug-likeness (QED) is 0.169. The third-order valence-electron chi connectivity index (χ3n) is 5.24. The highest BCUT2D eigenvalue weighted by atomic mass is 32.2. The number of benzene rings is 3. The van der Waals surface area contributed by atoms with Crippen molar-refractivity contribution in [3.05, 3.63) is 99.6 Å². The first-order chi connectivity index (χ1) is 16.4. The minimum atomic E-state index is -0.464. The highest BCUT2D eigenvalue weighted by Gasteiger charge is 2.14. The van der Waals surface area contributed by atoms with E-state index in [9.17, 15) is 14.9 Å². The van der Waals surface area contributed by atoms with E-state index in [1.807, 2.05) is 24.3 Å². The van der Waals surface area contributed by atoms with Gasteiger partial charge in [-0.25, -0.2) is 10.4 Å². The van der Waals surface area contributed by atoms with Crippen LogP contribution in [0.15, 0.2) is 83.1 Å². The number of fused-ring (bicyclic) bond motifs is 1. The van der Waals surface area contributed by atoms with E-state index in [0.717, 1.165) is 21.8 Å². The van der Waals surface area contributed by atoms with Gasteiger partial charge in [0.25, 0.3) is 11.6 Å². The molecule has 3 aromatic carbocycles. The number of hydrogen-bond acceptors (Lipinski definition) is 6. The molecule has 0 atom stereocenters. The van der Waals surface area contributed by atoms with E-state index in [0.29, 0.717) is 17.8 Å². The Balaban J connectivity index is 1.46. The number of aryl methyl sites for hydroxylation is 1. The van der Waals surface area contributed by atoms with Gasteiger partial charge >= 0.3 is 0 Å². The van der Waals surface area contributed by atoms with Crippen LogP contribution in [0.4, 0.5) is 5.69 Å². The van der Waals surface area contributed by atoms with Crippen LogP contribution in [-0.2, 0) is 11.3 Å². The summed E-state index contributed by atoms with van der Waals surface area (Å²) >= 11 is 1.34. The largest absolute Gasteiger partial charge is 0.314 e. The normalized spacial score (nSPS) is 11.5. The van der Waals surface area contributed by atoms with Gasteiger partial charge in [0, 0.05) is 17.7 Å². The van der Waals surface area contributed by atoms with Crippen molar-refractivity contribution >= 4 is 40.1 Å². The number of nitro groups is 1. The number of imidazole rings is 1. The van der Waals surface area contributed by atoms with Crippen LogP contribution in [-0.4, -0.2) is 31.8 Å². The number of hydrazone groups is 1. The number of hydrogen-bond donors (Lipinski definition) is 1. The lowest BCUT2D eigenvalue weighted by Gasteiger charge is -2.09. The van der Waals surface area contributed by atoms with Gasteiger partial charge in [-0.2, -0.15) is 5.10 Å². The van der Waals surface area contributed by atoms with Crippen LogP contribution in [0.5, 0.6) is 0 Å². The van der Waals surface area contributed by atoms with E-state index in [-0.39, 0.29) is 17.3 Å². The first kappa shape index (κ1) is 23.2. The molecule has 0 bridgehead atoms. The number of para-hydroxylation sites is 2. The van der Waals surface area contributed by atoms with Crippen molar-refractivity contribution in [1.29, 1.82) is 0 Å². The SMILES string of the molecule is C/C(=N\NC(=O)CSc1nc2ccccc2n1Cc1ccc(C)cc1)c1cccc([N+](=O)[O-])c1. The monoisotopic (exact) mass is 473 g/mol. The Labute approximate surface area is 200 Å². The highest BCUT2D eigenvalue weighted by Crippen LogP contribution is 2.25. The molecule has 4 rings (SSSR count). The Morgan fingerprint density at radius 1 is 1.12 bits per heavy atom. The van der Waals surface area contributed by atoms with Gasteiger partial charge in [-0.3, -0.25) is 14.9 Å². The lowest BCUT2D eigenvalue weighted by atomic mass is 10.1. The number of nitrogens with one attached hydrogen (secondary N) is 1. The van der Waals surface area contributed by atoms with E-state index in [4.69, 9.17) is 4.98 Å². The fourth-order valence-electron chi connectivity index (χ4n) is 3.41. The number of thioether (sulfide) groups is 1. The maximum absolute atomic E-state index is 12.5. The van der Waals surface area contributed by atoms with Gasteiger partial charge in [-0.15, -0.1) is 0 Å². The Bertz CT molecular complexity index is 1380. The number of rotatable bonds is 8.